The van der Waals surface area contributed by atoms with Crippen molar-refractivity contribution < 1.29 is 26.8 Å². The first-order chi connectivity index (χ1) is 15.2. The lowest BCUT2D eigenvalue weighted by Crippen LogP contribution is -2.50. The van der Waals surface area contributed by atoms with E-state index in [1.54, 1.807) is 62.4 Å². The summed E-state index contributed by atoms with van der Waals surface area (Å²) in [7, 11) is -7.61. The van der Waals surface area contributed by atoms with Crippen LogP contribution >= 0.6 is 7.60 Å². The highest BCUT2D eigenvalue weighted by atomic mass is 32.2. The van der Waals surface area contributed by atoms with Crippen LogP contribution in [0.3, 0.4) is 0 Å². The number of carbonyl (C=O) groups is 1. The van der Waals surface area contributed by atoms with E-state index < -0.39 is 28.6 Å². The number of benzene rings is 2. The van der Waals surface area contributed by atoms with Crippen LogP contribution in [0.4, 0.5) is 0 Å². The molecule has 2 aromatic carbocycles. The van der Waals surface area contributed by atoms with E-state index in [9.17, 15) is 17.8 Å². The van der Waals surface area contributed by atoms with E-state index in [1.807, 2.05) is 6.92 Å². The van der Waals surface area contributed by atoms with Gasteiger partial charge in [0.1, 0.15) is 5.28 Å². The highest BCUT2D eigenvalue weighted by Crippen LogP contribution is 2.62. The van der Waals surface area contributed by atoms with Gasteiger partial charge >= 0.3 is 7.60 Å². The van der Waals surface area contributed by atoms with Crippen molar-refractivity contribution in [2.75, 3.05) is 19.0 Å². The van der Waals surface area contributed by atoms with Gasteiger partial charge in [0.2, 0.25) is 0 Å². The molecule has 9 heteroatoms. The molecule has 0 saturated heterocycles. The maximum Gasteiger partial charge on any atom is 0.355 e. The fourth-order valence-electron chi connectivity index (χ4n) is 3.55. The Bertz CT molecular complexity index is 1000. The lowest BCUT2D eigenvalue weighted by Gasteiger charge is -2.39. The smallest absolute Gasteiger partial charge is 0.335 e. The number of carbonyl (C=O) groups excluding carboxylic acids is 1. The molecule has 0 saturated carbocycles. The third kappa shape index (κ3) is 6.29. The van der Waals surface area contributed by atoms with Gasteiger partial charge in [-0.25, -0.2) is 8.42 Å². The molecule has 0 unspecified atom stereocenters. The second kappa shape index (κ2) is 11.8. The van der Waals surface area contributed by atoms with Gasteiger partial charge in [-0.2, -0.15) is 0 Å². The fraction of sp³-hybridized carbons (Fsp3) is 0.435. The average molecular weight is 482 g/mol. The van der Waals surface area contributed by atoms with Crippen LogP contribution < -0.4 is 5.32 Å². The van der Waals surface area contributed by atoms with Gasteiger partial charge in [0.15, 0.2) is 9.84 Å². The van der Waals surface area contributed by atoms with Gasteiger partial charge in [-0.15, -0.1) is 0 Å². The monoisotopic (exact) mass is 481 g/mol. The first kappa shape index (κ1) is 26.3. The van der Waals surface area contributed by atoms with Gasteiger partial charge in [-0.1, -0.05) is 49.7 Å². The number of sulfone groups is 1. The zero-order chi connectivity index (χ0) is 23.7. The number of nitrogens with one attached hydrogen (secondary N) is 1. The third-order valence-corrected chi connectivity index (χ3v) is 9.59. The Morgan fingerprint density at radius 1 is 0.906 bits per heavy atom. The molecule has 1 atom stereocenters. The van der Waals surface area contributed by atoms with Crippen LogP contribution in [0, 0.1) is 0 Å². The molecule has 0 radical (unpaired) electrons. The van der Waals surface area contributed by atoms with Gasteiger partial charge in [-0.05, 0) is 51.0 Å². The van der Waals surface area contributed by atoms with Gasteiger partial charge in [-0.3, -0.25) is 9.36 Å². The normalized spacial score (nSPS) is 14.0. The molecule has 0 bridgehead atoms. The number of hydrogen-bond donors (Lipinski definition) is 1. The predicted molar refractivity (Wildman–Crippen MR) is 126 cm³/mol. The van der Waals surface area contributed by atoms with E-state index in [1.165, 1.54) is 12.1 Å². The maximum atomic E-state index is 14.0. The molecule has 0 aliphatic rings. The minimum absolute atomic E-state index is 0.0926. The van der Waals surface area contributed by atoms with Crippen molar-refractivity contribution in [1.82, 2.24) is 5.32 Å². The van der Waals surface area contributed by atoms with Crippen molar-refractivity contribution in [3.05, 3.63) is 66.2 Å². The van der Waals surface area contributed by atoms with Crippen molar-refractivity contribution >= 4 is 23.3 Å². The largest absolute Gasteiger partial charge is 0.355 e. The van der Waals surface area contributed by atoms with Crippen LogP contribution in [0.25, 0.3) is 0 Å². The molecule has 0 fully saturated rings. The van der Waals surface area contributed by atoms with Crippen LogP contribution in [0.5, 0.6) is 0 Å². The van der Waals surface area contributed by atoms with Gasteiger partial charge in [0, 0.05) is 5.56 Å². The molecule has 7 nitrogen and oxygen atoms in total. The van der Waals surface area contributed by atoms with Crippen LogP contribution in [0.2, 0.25) is 0 Å². The molecule has 1 amide bonds. The summed E-state index contributed by atoms with van der Waals surface area (Å²) in [5.74, 6) is -0.785. The maximum absolute atomic E-state index is 14.0. The SMILES string of the molecule is CCC[C@](CCS(=O)(=O)c1ccccc1)(NC(=O)c1ccccc1)P(=O)(OCC)OCC. The van der Waals surface area contributed by atoms with Crippen molar-refractivity contribution in [2.24, 2.45) is 0 Å². The molecule has 0 aliphatic heterocycles. The standard InChI is InChI=1S/C23H32NO6PS/c1-4-17-23(31(26,29-5-2)30-6-3,24-22(25)20-13-9-7-10-14-20)18-19-32(27,28)21-15-11-8-12-16-21/h7-16H,4-6,17-19H2,1-3H3,(H,24,25)/t23-/m0/s1. The average Bonchev–Trinajstić information content (AvgIpc) is 2.79. The van der Waals surface area contributed by atoms with E-state index in [-0.39, 0.29) is 36.7 Å². The predicted octanol–water partition coefficient (Wildman–Crippen LogP) is 5.04. The lowest BCUT2D eigenvalue weighted by molar-refractivity contribution is 0.0894. The zero-order valence-electron chi connectivity index (χ0n) is 18.8. The molecule has 1 N–H and O–H groups in total. The molecule has 0 aromatic heterocycles. The molecule has 32 heavy (non-hydrogen) atoms. The van der Waals surface area contributed by atoms with Crippen LogP contribution in [-0.2, 0) is 23.4 Å². The summed E-state index contributed by atoms with van der Waals surface area (Å²) in [6, 6.07) is 16.6. The number of rotatable bonds is 13. The summed E-state index contributed by atoms with van der Waals surface area (Å²) >= 11 is 0. The molecule has 0 heterocycles. The Balaban J connectivity index is 2.49. The Labute approximate surface area is 191 Å². The van der Waals surface area contributed by atoms with Crippen LogP contribution in [0.15, 0.2) is 65.6 Å². The van der Waals surface area contributed by atoms with Crippen LogP contribution in [-0.4, -0.2) is 38.6 Å². The Hall–Kier alpha value is -1.99. The molecular formula is C23H32NO6PS. The Morgan fingerprint density at radius 2 is 1.44 bits per heavy atom. The lowest BCUT2D eigenvalue weighted by atomic mass is 10.1. The van der Waals surface area contributed by atoms with Gasteiger partial charge in [0.25, 0.3) is 5.91 Å². The minimum atomic E-state index is -3.93. The Kier molecular flexibility index (Phi) is 9.64. The van der Waals surface area contributed by atoms with E-state index in [4.69, 9.17) is 9.05 Å². The number of hydrogen-bond acceptors (Lipinski definition) is 6. The first-order valence-electron chi connectivity index (χ1n) is 10.8. The van der Waals surface area contributed by atoms with E-state index in [2.05, 4.69) is 5.32 Å². The summed E-state index contributed by atoms with van der Waals surface area (Å²) in [5.41, 5.74) is 0.374. The minimum Gasteiger partial charge on any atom is -0.335 e. The summed E-state index contributed by atoms with van der Waals surface area (Å²) < 4.78 is 51.2. The molecule has 0 spiro atoms. The van der Waals surface area contributed by atoms with Gasteiger partial charge < -0.3 is 14.4 Å². The van der Waals surface area contributed by atoms with E-state index in [0.717, 1.165) is 0 Å². The number of amides is 1. The second-order valence-electron chi connectivity index (χ2n) is 7.32. The molecule has 176 valence electrons. The van der Waals surface area contributed by atoms with Crippen molar-refractivity contribution in [3.63, 3.8) is 0 Å². The zero-order valence-corrected chi connectivity index (χ0v) is 20.5. The first-order valence-corrected chi connectivity index (χ1v) is 14.0. The van der Waals surface area contributed by atoms with E-state index >= 15 is 0 Å². The summed E-state index contributed by atoms with van der Waals surface area (Å²) in [6.07, 6.45) is 0.645. The third-order valence-electron chi connectivity index (χ3n) is 5.05. The summed E-state index contributed by atoms with van der Waals surface area (Å²) in [4.78, 5) is 13.3. The topological polar surface area (TPSA) is 98.8 Å². The molecule has 0 aliphatic carbocycles. The molecule has 2 aromatic rings. The van der Waals surface area contributed by atoms with Crippen molar-refractivity contribution in [2.45, 2.75) is 50.2 Å². The quantitative estimate of drug-likeness (QED) is 0.402. The van der Waals surface area contributed by atoms with Crippen molar-refractivity contribution in [3.8, 4) is 0 Å². The van der Waals surface area contributed by atoms with Crippen LogP contribution in [0.1, 0.15) is 50.4 Å². The second-order valence-corrected chi connectivity index (χ2v) is 11.8. The van der Waals surface area contributed by atoms with Crippen molar-refractivity contribution in [1.29, 1.82) is 0 Å². The highest BCUT2D eigenvalue weighted by Gasteiger charge is 2.52. The molecule has 2 rings (SSSR count). The Morgan fingerprint density at radius 3 is 1.94 bits per heavy atom. The summed E-state index contributed by atoms with van der Waals surface area (Å²) in [6.45, 7) is 5.42. The fourth-order valence-corrected chi connectivity index (χ4v) is 7.50. The summed E-state index contributed by atoms with van der Waals surface area (Å²) in [5, 5.41) is 1.37. The highest BCUT2D eigenvalue weighted by molar-refractivity contribution is 7.91. The van der Waals surface area contributed by atoms with E-state index in [0.29, 0.717) is 12.0 Å². The van der Waals surface area contributed by atoms with Gasteiger partial charge in [0.05, 0.1) is 23.9 Å². The molecular weight excluding hydrogens is 449 g/mol.